The van der Waals surface area contributed by atoms with E-state index in [2.05, 4.69) is 10.2 Å². The van der Waals surface area contributed by atoms with Gasteiger partial charge < -0.3 is 10.0 Å². The fourth-order valence-corrected chi connectivity index (χ4v) is 1.33. The van der Waals surface area contributed by atoms with Crippen LogP contribution < -0.4 is 4.90 Å². The molecule has 1 N–H and O–H groups in total. The molecular formula is C11H14N4O2. The lowest BCUT2D eigenvalue weighted by Gasteiger charge is -2.23. The van der Waals surface area contributed by atoms with Gasteiger partial charge in [0, 0.05) is 7.05 Å². The minimum Gasteiger partial charge on any atom is -0.480 e. The summed E-state index contributed by atoms with van der Waals surface area (Å²) >= 11 is 0. The van der Waals surface area contributed by atoms with E-state index in [9.17, 15) is 4.79 Å². The van der Waals surface area contributed by atoms with Crippen molar-refractivity contribution in [3.8, 4) is 6.07 Å². The van der Waals surface area contributed by atoms with Crippen molar-refractivity contribution in [3.05, 3.63) is 16.8 Å². The Morgan fingerprint density at radius 3 is 2.53 bits per heavy atom. The van der Waals surface area contributed by atoms with Crippen molar-refractivity contribution >= 4 is 11.8 Å². The summed E-state index contributed by atoms with van der Waals surface area (Å²) < 4.78 is 0. The molecule has 6 nitrogen and oxygen atoms in total. The summed E-state index contributed by atoms with van der Waals surface area (Å²) in [5, 5.41) is 25.8. The molecule has 1 unspecified atom stereocenters. The number of hydrogen-bond acceptors (Lipinski definition) is 5. The van der Waals surface area contributed by atoms with Crippen LogP contribution in [0.4, 0.5) is 5.82 Å². The van der Waals surface area contributed by atoms with Gasteiger partial charge in [0.25, 0.3) is 0 Å². The zero-order valence-electron chi connectivity index (χ0n) is 10.2. The van der Waals surface area contributed by atoms with E-state index in [1.165, 1.54) is 11.8 Å². The monoisotopic (exact) mass is 234 g/mol. The maximum atomic E-state index is 10.9. The molecule has 0 aliphatic rings. The van der Waals surface area contributed by atoms with E-state index >= 15 is 0 Å². The van der Waals surface area contributed by atoms with E-state index in [1.54, 1.807) is 20.9 Å². The lowest BCUT2D eigenvalue weighted by molar-refractivity contribution is -0.138. The maximum Gasteiger partial charge on any atom is 0.326 e. The minimum atomic E-state index is -0.976. The molecular weight excluding hydrogens is 220 g/mol. The van der Waals surface area contributed by atoms with Crippen LogP contribution in [0.15, 0.2) is 0 Å². The average Bonchev–Trinajstić information content (AvgIpc) is 2.30. The Balaban J connectivity index is 3.29. The van der Waals surface area contributed by atoms with Crippen molar-refractivity contribution in [3.63, 3.8) is 0 Å². The molecule has 0 radical (unpaired) electrons. The number of carbonyl (C=O) groups is 1. The molecule has 0 aliphatic heterocycles. The SMILES string of the molecule is Cc1nnc(N(C)C(C)C(=O)O)c(C#N)c1C. The Bertz CT molecular complexity index is 493. The highest BCUT2D eigenvalue weighted by molar-refractivity contribution is 5.78. The molecule has 0 amide bonds. The van der Waals surface area contributed by atoms with Gasteiger partial charge in [-0.1, -0.05) is 0 Å². The van der Waals surface area contributed by atoms with Crippen LogP contribution in [0, 0.1) is 25.2 Å². The topological polar surface area (TPSA) is 90.1 Å². The highest BCUT2D eigenvalue weighted by Gasteiger charge is 2.22. The molecule has 0 spiro atoms. The third-order valence-electron chi connectivity index (χ3n) is 2.82. The average molecular weight is 234 g/mol. The number of rotatable bonds is 3. The molecule has 1 atom stereocenters. The molecule has 90 valence electrons. The van der Waals surface area contributed by atoms with Gasteiger partial charge in [-0.05, 0) is 26.3 Å². The molecule has 1 heterocycles. The number of aryl methyl sites for hydroxylation is 1. The summed E-state index contributed by atoms with van der Waals surface area (Å²) in [4.78, 5) is 12.3. The number of likely N-dealkylation sites (N-methyl/N-ethyl adjacent to an activating group) is 1. The highest BCUT2D eigenvalue weighted by atomic mass is 16.4. The van der Waals surface area contributed by atoms with Crippen molar-refractivity contribution in [1.82, 2.24) is 10.2 Å². The van der Waals surface area contributed by atoms with Crippen molar-refractivity contribution in [2.75, 3.05) is 11.9 Å². The van der Waals surface area contributed by atoms with Gasteiger partial charge in [-0.2, -0.15) is 10.4 Å². The Morgan fingerprint density at radius 2 is 2.06 bits per heavy atom. The number of nitrogens with zero attached hydrogens (tertiary/aromatic N) is 4. The van der Waals surface area contributed by atoms with Crippen LogP contribution in [0.1, 0.15) is 23.7 Å². The fraction of sp³-hybridized carbons (Fsp3) is 0.455. The van der Waals surface area contributed by atoms with Crippen molar-refractivity contribution in [1.29, 1.82) is 5.26 Å². The first-order chi connectivity index (χ1) is 7.90. The standard InChI is InChI=1S/C11H14N4O2/c1-6-7(2)13-14-10(9(6)5-12)15(4)8(3)11(16)17/h8H,1-4H3,(H,16,17). The number of carboxylic acid groups (broad SMARTS) is 1. The van der Waals surface area contributed by atoms with Gasteiger partial charge >= 0.3 is 5.97 Å². The second-order valence-corrected chi connectivity index (χ2v) is 3.85. The van der Waals surface area contributed by atoms with E-state index in [0.29, 0.717) is 17.1 Å². The van der Waals surface area contributed by atoms with E-state index in [1.807, 2.05) is 6.07 Å². The molecule has 1 aromatic heterocycles. The van der Waals surface area contributed by atoms with Crippen LogP contribution >= 0.6 is 0 Å². The van der Waals surface area contributed by atoms with Gasteiger partial charge in [-0.3, -0.25) is 0 Å². The highest BCUT2D eigenvalue weighted by Crippen LogP contribution is 2.21. The summed E-state index contributed by atoms with van der Waals surface area (Å²) in [7, 11) is 1.58. The molecule has 0 saturated heterocycles. The zero-order valence-corrected chi connectivity index (χ0v) is 10.2. The van der Waals surface area contributed by atoms with Crippen LogP contribution in [0.3, 0.4) is 0 Å². The first kappa shape index (κ1) is 12.9. The van der Waals surface area contributed by atoms with Crippen LogP contribution in [-0.4, -0.2) is 34.4 Å². The maximum absolute atomic E-state index is 10.9. The molecule has 0 aromatic carbocycles. The van der Waals surface area contributed by atoms with E-state index in [-0.39, 0.29) is 0 Å². The van der Waals surface area contributed by atoms with Crippen LogP contribution in [0.5, 0.6) is 0 Å². The van der Waals surface area contributed by atoms with Crippen molar-refractivity contribution in [2.45, 2.75) is 26.8 Å². The molecule has 0 saturated carbocycles. The predicted molar refractivity (Wildman–Crippen MR) is 61.7 cm³/mol. The molecule has 0 bridgehead atoms. The van der Waals surface area contributed by atoms with Crippen LogP contribution in [0.25, 0.3) is 0 Å². The number of hydrogen-bond donors (Lipinski definition) is 1. The number of nitriles is 1. The second kappa shape index (κ2) is 4.78. The van der Waals surface area contributed by atoms with Gasteiger partial charge in [-0.25, -0.2) is 4.79 Å². The molecule has 1 aromatic rings. The summed E-state index contributed by atoms with van der Waals surface area (Å²) in [6, 6.07) is 1.28. The van der Waals surface area contributed by atoms with Gasteiger partial charge in [-0.15, -0.1) is 5.10 Å². The van der Waals surface area contributed by atoms with Gasteiger partial charge in [0.15, 0.2) is 5.82 Å². The number of carboxylic acids is 1. The van der Waals surface area contributed by atoms with Crippen LogP contribution in [0.2, 0.25) is 0 Å². The first-order valence-electron chi connectivity index (χ1n) is 5.09. The number of aliphatic carboxylic acids is 1. The number of anilines is 1. The molecule has 6 heteroatoms. The molecule has 0 fully saturated rings. The molecule has 17 heavy (non-hydrogen) atoms. The number of aromatic nitrogens is 2. The van der Waals surface area contributed by atoms with E-state index in [0.717, 1.165) is 5.56 Å². The van der Waals surface area contributed by atoms with Gasteiger partial charge in [0.2, 0.25) is 0 Å². The first-order valence-corrected chi connectivity index (χ1v) is 5.09. The Labute approximate surface area is 99.5 Å². The summed E-state index contributed by atoms with van der Waals surface area (Å²) in [6.07, 6.45) is 0. The lowest BCUT2D eigenvalue weighted by Crippen LogP contribution is -2.37. The lowest BCUT2D eigenvalue weighted by atomic mass is 10.1. The Hall–Kier alpha value is -2.16. The van der Waals surface area contributed by atoms with Crippen molar-refractivity contribution < 1.29 is 9.90 Å². The summed E-state index contributed by atoms with van der Waals surface area (Å²) in [5.74, 6) is -0.679. The van der Waals surface area contributed by atoms with Crippen LogP contribution in [-0.2, 0) is 4.79 Å². The normalized spacial score (nSPS) is 11.7. The fourth-order valence-electron chi connectivity index (χ4n) is 1.33. The Morgan fingerprint density at radius 1 is 1.47 bits per heavy atom. The summed E-state index contributed by atoms with van der Waals surface area (Å²) in [6.45, 7) is 5.05. The molecule has 1 rings (SSSR count). The predicted octanol–water partition coefficient (Wildman–Crippen LogP) is 0.874. The Kier molecular flexibility index (Phi) is 3.63. The summed E-state index contributed by atoms with van der Waals surface area (Å²) in [5.41, 5.74) is 1.76. The van der Waals surface area contributed by atoms with E-state index in [4.69, 9.17) is 10.4 Å². The third kappa shape index (κ3) is 2.33. The van der Waals surface area contributed by atoms with Gasteiger partial charge in [0.1, 0.15) is 17.7 Å². The van der Waals surface area contributed by atoms with Gasteiger partial charge in [0.05, 0.1) is 5.69 Å². The second-order valence-electron chi connectivity index (χ2n) is 3.85. The third-order valence-corrected chi connectivity index (χ3v) is 2.82. The smallest absolute Gasteiger partial charge is 0.326 e. The van der Waals surface area contributed by atoms with Crippen molar-refractivity contribution in [2.24, 2.45) is 0 Å². The zero-order chi connectivity index (χ0) is 13.2. The van der Waals surface area contributed by atoms with E-state index < -0.39 is 12.0 Å². The minimum absolute atomic E-state index is 0.297. The quantitative estimate of drug-likeness (QED) is 0.834. The molecule has 0 aliphatic carbocycles. The largest absolute Gasteiger partial charge is 0.480 e.